The van der Waals surface area contributed by atoms with Gasteiger partial charge in [-0.15, -0.1) is 0 Å². The summed E-state index contributed by atoms with van der Waals surface area (Å²) in [7, 11) is 1.52. The predicted octanol–water partition coefficient (Wildman–Crippen LogP) is -0.000500. The Balaban J connectivity index is 1.82. The molecule has 1 heterocycles. The maximum absolute atomic E-state index is 10.3. The molecule has 3 rings (SSSR count). The Hall–Kier alpha value is -2.20. The van der Waals surface area contributed by atoms with E-state index in [1.54, 1.807) is 12.1 Å². The van der Waals surface area contributed by atoms with Crippen LogP contribution in [0.4, 0.5) is 0 Å². The zero-order valence-corrected chi connectivity index (χ0v) is 16.7. The average Bonchev–Trinajstić information content (AvgIpc) is 2.76. The Morgan fingerprint density at radius 1 is 0.900 bits per heavy atom. The fraction of sp³-hybridized carbons (Fsp3) is 0.455. The van der Waals surface area contributed by atoms with E-state index in [1.807, 2.05) is 30.3 Å². The van der Waals surface area contributed by atoms with E-state index in [-0.39, 0.29) is 6.61 Å². The number of aliphatic hydroxyl groups excluding tert-OH is 5. The van der Waals surface area contributed by atoms with Crippen molar-refractivity contribution in [1.29, 1.82) is 0 Å². The summed E-state index contributed by atoms with van der Waals surface area (Å²) in [5.41, 5.74) is 2.84. The number of hydrogen-bond acceptors (Lipinski definition) is 8. The zero-order chi connectivity index (χ0) is 21.7. The molecule has 2 aromatic rings. The molecule has 2 aromatic carbocycles. The monoisotopic (exact) mass is 420 g/mol. The molecule has 1 aliphatic heterocycles. The minimum atomic E-state index is -1.52. The summed E-state index contributed by atoms with van der Waals surface area (Å²) in [6.45, 7) is -0.440. The summed E-state index contributed by atoms with van der Waals surface area (Å²) in [6.07, 6.45) is -5.69. The number of methoxy groups -OCH3 is 1. The van der Waals surface area contributed by atoms with Crippen LogP contribution < -0.4 is 9.47 Å². The van der Waals surface area contributed by atoms with Gasteiger partial charge in [-0.05, 0) is 29.2 Å². The van der Waals surface area contributed by atoms with Crippen molar-refractivity contribution in [2.75, 3.05) is 20.3 Å². The lowest BCUT2D eigenvalue weighted by Crippen LogP contribution is -2.60. The van der Waals surface area contributed by atoms with E-state index in [9.17, 15) is 20.4 Å². The first-order valence-corrected chi connectivity index (χ1v) is 9.79. The number of hydrogen-bond donors (Lipinski definition) is 5. The molecular formula is C22H28O8. The van der Waals surface area contributed by atoms with E-state index >= 15 is 0 Å². The van der Waals surface area contributed by atoms with Crippen LogP contribution >= 0.6 is 0 Å². The lowest BCUT2D eigenvalue weighted by Gasteiger charge is -2.39. The molecule has 164 valence electrons. The van der Waals surface area contributed by atoms with Crippen molar-refractivity contribution in [3.63, 3.8) is 0 Å². The molecule has 1 unspecified atom stereocenters. The van der Waals surface area contributed by atoms with Crippen molar-refractivity contribution >= 4 is 0 Å². The van der Waals surface area contributed by atoms with Crippen molar-refractivity contribution in [3.8, 4) is 11.5 Å². The largest absolute Gasteiger partial charge is 0.497 e. The minimum Gasteiger partial charge on any atom is -0.497 e. The highest BCUT2D eigenvalue weighted by atomic mass is 16.7. The summed E-state index contributed by atoms with van der Waals surface area (Å²) in [6, 6.07) is 13.1. The molecule has 1 saturated heterocycles. The fourth-order valence-electron chi connectivity index (χ4n) is 3.38. The third-order valence-electron chi connectivity index (χ3n) is 5.18. The maximum atomic E-state index is 10.3. The zero-order valence-electron chi connectivity index (χ0n) is 16.7. The number of aliphatic hydroxyl groups is 5. The lowest BCUT2D eigenvalue weighted by molar-refractivity contribution is -0.277. The molecule has 8 nitrogen and oxygen atoms in total. The molecule has 8 heteroatoms. The fourth-order valence-corrected chi connectivity index (χ4v) is 3.38. The molecule has 0 spiro atoms. The summed E-state index contributed by atoms with van der Waals surface area (Å²) < 4.78 is 16.6. The van der Waals surface area contributed by atoms with Gasteiger partial charge in [-0.25, -0.2) is 0 Å². The Morgan fingerprint density at radius 2 is 1.60 bits per heavy atom. The van der Waals surface area contributed by atoms with E-state index in [2.05, 4.69) is 0 Å². The van der Waals surface area contributed by atoms with Gasteiger partial charge in [-0.1, -0.05) is 30.3 Å². The van der Waals surface area contributed by atoms with Crippen LogP contribution in [0.15, 0.2) is 42.5 Å². The average molecular weight is 420 g/mol. The van der Waals surface area contributed by atoms with Crippen LogP contribution in [-0.4, -0.2) is 76.6 Å². The molecule has 1 fully saturated rings. The van der Waals surface area contributed by atoms with Gasteiger partial charge in [0.05, 0.1) is 13.7 Å². The van der Waals surface area contributed by atoms with Gasteiger partial charge < -0.3 is 39.7 Å². The molecule has 0 amide bonds. The van der Waals surface area contributed by atoms with Gasteiger partial charge >= 0.3 is 0 Å². The molecule has 0 saturated carbocycles. The van der Waals surface area contributed by atoms with Gasteiger partial charge in [-0.3, -0.25) is 0 Å². The third kappa shape index (κ3) is 5.10. The third-order valence-corrected chi connectivity index (χ3v) is 5.18. The van der Waals surface area contributed by atoms with Gasteiger partial charge in [0.25, 0.3) is 0 Å². The lowest BCUT2D eigenvalue weighted by atomic mass is 9.99. The first-order valence-electron chi connectivity index (χ1n) is 9.79. The summed E-state index contributed by atoms with van der Waals surface area (Å²) >= 11 is 0. The smallest absolute Gasteiger partial charge is 0.229 e. The predicted molar refractivity (Wildman–Crippen MR) is 107 cm³/mol. The number of ether oxygens (including phenoxy) is 3. The second kappa shape index (κ2) is 10.2. The summed E-state index contributed by atoms with van der Waals surface area (Å²) in [5, 5.41) is 48.7. The molecule has 0 aromatic heterocycles. The molecule has 5 N–H and O–H groups in total. The molecule has 30 heavy (non-hydrogen) atoms. The van der Waals surface area contributed by atoms with Gasteiger partial charge in [0.15, 0.2) is 0 Å². The van der Waals surface area contributed by atoms with Crippen molar-refractivity contribution in [2.45, 2.75) is 43.5 Å². The van der Waals surface area contributed by atoms with Crippen LogP contribution in [-0.2, 0) is 17.6 Å². The van der Waals surface area contributed by atoms with Crippen LogP contribution in [0.3, 0.4) is 0 Å². The Labute approximate surface area is 174 Å². The van der Waals surface area contributed by atoms with E-state index in [4.69, 9.17) is 19.3 Å². The van der Waals surface area contributed by atoms with Crippen LogP contribution in [0.2, 0.25) is 0 Å². The van der Waals surface area contributed by atoms with E-state index in [1.165, 1.54) is 7.11 Å². The Morgan fingerprint density at radius 3 is 2.23 bits per heavy atom. The SMILES string of the molecule is COc1ccc(Cc2ccc(CCO)cc2)c(OC2O[C@H](CO)[C@@H](O)[C@H](O)[C@H]2O)c1. The van der Waals surface area contributed by atoms with Crippen LogP contribution in [0.5, 0.6) is 11.5 Å². The quantitative estimate of drug-likeness (QED) is 0.404. The van der Waals surface area contributed by atoms with Crippen molar-refractivity contribution < 1.29 is 39.7 Å². The van der Waals surface area contributed by atoms with Gasteiger partial charge in [0.2, 0.25) is 6.29 Å². The van der Waals surface area contributed by atoms with Gasteiger partial charge in [0, 0.05) is 19.1 Å². The second-order valence-corrected chi connectivity index (χ2v) is 7.26. The van der Waals surface area contributed by atoms with Crippen molar-refractivity contribution in [1.82, 2.24) is 0 Å². The normalized spacial score (nSPS) is 26.4. The number of benzene rings is 2. The van der Waals surface area contributed by atoms with Gasteiger partial charge in [0.1, 0.15) is 35.9 Å². The maximum Gasteiger partial charge on any atom is 0.229 e. The molecule has 0 aliphatic carbocycles. The van der Waals surface area contributed by atoms with E-state index < -0.39 is 37.3 Å². The van der Waals surface area contributed by atoms with Crippen molar-refractivity contribution in [3.05, 3.63) is 59.2 Å². The highest BCUT2D eigenvalue weighted by Gasteiger charge is 2.44. The first kappa shape index (κ1) is 22.5. The highest BCUT2D eigenvalue weighted by Crippen LogP contribution is 2.31. The van der Waals surface area contributed by atoms with Crippen LogP contribution in [0.25, 0.3) is 0 Å². The Kier molecular flexibility index (Phi) is 7.65. The summed E-state index contributed by atoms with van der Waals surface area (Å²) in [4.78, 5) is 0. The van der Waals surface area contributed by atoms with E-state index in [0.717, 1.165) is 16.7 Å². The molecule has 0 radical (unpaired) electrons. The first-order chi connectivity index (χ1) is 14.5. The van der Waals surface area contributed by atoms with Gasteiger partial charge in [-0.2, -0.15) is 0 Å². The highest BCUT2D eigenvalue weighted by molar-refractivity contribution is 5.43. The molecule has 5 atom stereocenters. The topological polar surface area (TPSA) is 129 Å². The van der Waals surface area contributed by atoms with Crippen LogP contribution in [0.1, 0.15) is 16.7 Å². The molecule has 0 bridgehead atoms. The second-order valence-electron chi connectivity index (χ2n) is 7.26. The standard InChI is InChI=1S/C22H28O8/c1-28-16-7-6-15(10-14-4-2-13(3-5-14)8-9-23)17(11-16)29-22-21(27)20(26)19(25)18(12-24)30-22/h2-7,11,18-27H,8-10,12H2,1H3/t18-,19-,20+,21-,22?/m1/s1. The van der Waals surface area contributed by atoms with E-state index in [0.29, 0.717) is 24.3 Å². The molecule has 1 aliphatic rings. The minimum absolute atomic E-state index is 0.0922. The number of rotatable bonds is 8. The van der Waals surface area contributed by atoms with Crippen molar-refractivity contribution in [2.24, 2.45) is 0 Å². The van der Waals surface area contributed by atoms with Crippen LogP contribution in [0, 0.1) is 0 Å². The Bertz CT molecular complexity index is 807. The molecular weight excluding hydrogens is 392 g/mol. The summed E-state index contributed by atoms with van der Waals surface area (Å²) in [5.74, 6) is 0.926.